The van der Waals surface area contributed by atoms with Gasteiger partial charge in [0, 0.05) is 23.7 Å². The van der Waals surface area contributed by atoms with Gasteiger partial charge in [0.25, 0.3) is 0 Å². The molecule has 1 fully saturated rings. The lowest BCUT2D eigenvalue weighted by Gasteiger charge is -2.16. The maximum absolute atomic E-state index is 10.1. The Labute approximate surface area is 114 Å². The van der Waals surface area contributed by atoms with Crippen molar-refractivity contribution in [3.05, 3.63) is 34.9 Å². The second kappa shape index (κ2) is 6.53. The normalized spacial score (nSPS) is 22.3. The number of nitrogens with one attached hydrogen (secondary N) is 1. The molecular weight excluding hydrogens is 248 g/mol. The van der Waals surface area contributed by atoms with E-state index in [1.54, 1.807) is 0 Å². The highest BCUT2D eigenvalue weighted by Crippen LogP contribution is 2.22. The predicted molar refractivity (Wildman–Crippen MR) is 74.9 cm³/mol. The molecule has 0 spiro atoms. The quantitative estimate of drug-likeness (QED) is 0.856. The average molecular weight is 269 g/mol. The van der Waals surface area contributed by atoms with Crippen LogP contribution in [0.25, 0.3) is 0 Å². The van der Waals surface area contributed by atoms with Crippen molar-refractivity contribution in [3.8, 4) is 0 Å². The van der Waals surface area contributed by atoms with Crippen LogP contribution in [-0.2, 0) is 0 Å². The summed E-state index contributed by atoms with van der Waals surface area (Å²) in [5.41, 5.74) is 0.801. The van der Waals surface area contributed by atoms with Gasteiger partial charge in [0.2, 0.25) is 0 Å². The molecule has 2 atom stereocenters. The van der Waals surface area contributed by atoms with E-state index in [1.807, 2.05) is 24.3 Å². The molecule has 0 amide bonds. The fourth-order valence-corrected chi connectivity index (χ4v) is 2.73. The number of halogens is 1. The van der Waals surface area contributed by atoms with E-state index in [4.69, 9.17) is 11.6 Å². The lowest BCUT2D eigenvalue weighted by atomic mass is 10.1. The zero-order chi connectivity index (χ0) is 13.0. The Morgan fingerprint density at radius 1 is 1.50 bits per heavy atom. The number of hydrogen-bond acceptors (Lipinski definition) is 3. The molecule has 18 heavy (non-hydrogen) atoms. The third kappa shape index (κ3) is 3.69. The van der Waals surface area contributed by atoms with E-state index in [0.717, 1.165) is 18.7 Å². The van der Waals surface area contributed by atoms with Crippen molar-refractivity contribution in [2.45, 2.75) is 12.5 Å². The molecule has 0 radical (unpaired) electrons. The van der Waals surface area contributed by atoms with E-state index in [1.165, 1.54) is 13.0 Å². The summed E-state index contributed by atoms with van der Waals surface area (Å²) in [6, 6.07) is 7.46. The van der Waals surface area contributed by atoms with Crippen LogP contribution in [0.2, 0.25) is 5.02 Å². The third-order valence-electron chi connectivity index (χ3n) is 3.52. The molecule has 3 nitrogen and oxygen atoms in total. The minimum absolute atomic E-state index is 0.530. The van der Waals surface area contributed by atoms with Crippen molar-refractivity contribution in [2.75, 3.05) is 33.2 Å². The highest BCUT2D eigenvalue weighted by molar-refractivity contribution is 6.31. The molecule has 2 unspecified atom stereocenters. The zero-order valence-corrected chi connectivity index (χ0v) is 11.5. The fraction of sp³-hybridized carbons (Fsp3) is 0.571. The first-order valence-electron chi connectivity index (χ1n) is 6.48. The van der Waals surface area contributed by atoms with Gasteiger partial charge in [0.05, 0.1) is 6.10 Å². The van der Waals surface area contributed by atoms with E-state index < -0.39 is 6.10 Å². The molecule has 100 valence electrons. The van der Waals surface area contributed by atoms with Crippen molar-refractivity contribution in [2.24, 2.45) is 5.92 Å². The van der Waals surface area contributed by atoms with Crippen molar-refractivity contribution in [1.82, 2.24) is 10.2 Å². The predicted octanol–water partition coefficient (Wildman–Crippen LogP) is 1.91. The number of aliphatic hydroxyl groups excluding tert-OH is 1. The van der Waals surface area contributed by atoms with E-state index >= 15 is 0 Å². The summed E-state index contributed by atoms with van der Waals surface area (Å²) in [7, 11) is 2.15. The van der Waals surface area contributed by atoms with Gasteiger partial charge in [-0.2, -0.15) is 0 Å². The fourth-order valence-electron chi connectivity index (χ4n) is 2.47. The number of likely N-dealkylation sites (tertiary alicyclic amines) is 1. The number of hydrogen-bond donors (Lipinski definition) is 2. The molecule has 2 N–H and O–H groups in total. The highest BCUT2D eigenvalue weighted by Gasteiger charge is 2.19. The molecular formula is C14H21ClN2O. The molecule has 1 aromatic rings. The maximum Gasteiger partial charge on any atom is 0.0928 e. The third-order valence-corrected chi connectivity index (χ3v) is 3.87. The van der Waals surface area contributed by atoms with Gasteiger partial charge in [-0.25, -0.2) is 0 Å². The lowest BCUT2D eigenvalue weighted by Crippen LogP contribution is -2.28. The van der Waals surface area contributed by atoms with Gasteiger partial charge in [-0.3, -0.25) is 0 Å². The van der Waals surface area contributed by atoms with Crippen molar-refractivity contribution >= 4 is 11.6 Å². The lowest BCUT2D eigenvalue weighted by molar-refractivity contribution is 0.173. The summed E-state index contributed by atoms with van der Waals surface area (Å²) in [4.78, 5) is 2.34. The van der Waals surface area contributed by atoms with Crippen molar-refractivity contribution in [1.29, 1.82) is 0 Å². The van der Waals surface area contributed by atoms with Crippen LogP contribution in [0.3, 0.4) is 0 Å². The number of nitrogens with zero attached hydrogens (tertiary/aromatic N) is 1. The molecule has 1 saturated heterocycles. The van der Waals surface area contributed by atoms with Gasteiger partial charge >= 0.3 is 0 Å². The van der Waals surface area contributed by atoms with E-state index in [2.05, 4.69) is 17.3 Å². The van der Waals surface area contributed by atoms with E-state index in [-0.39, 0.29) is 0 Å². The minimum atomic E-state index is -0.530. The Morgan fingerprint density at radius 3 is 2.94 bits per heavy atom. The number of benzene rings is 1. The Bertz CT molecular complexity index is 386. The van der Waals surface area contributed by atoms with Crippen LogP contribution in [-0.4, -0.2) is 43.2 Å². The van der Waals surface area contributed by atoms with Gasteiger partial charge < -0.3 is 15.3 Å². The molecule has 1 heterocycles. The molecule has 0 bridgehead atoms. The second-order valence-electron chi connectivity index (χ2n) is 5.11. The van der Waals surface area contributed by atoms with Gasteiger partial charge in [-0.05, 0) is 38.5 Å². The Kier molecular flexibility index (Phi) is 5.01. The van der Waals surface area contributed by atoms with Crippen molar-refractivity contribution in [3.63, 3.8) is 0 Å². The summed E-state index contributed by atoms with van der Waals surface area (Å²) in [6.45, 7) is 3.85. The summed E-state index contributed by atoms with van der Waals surface area (Å²) in [6.07, 6.45) is 0.712. The van der Waals surface area contributed by atoms with Crippen LogP contribution in [0.1, 0.15) is 18.1 Å². The Balaban J connectivity index is 1.75. The highest BCUT2D eigenvalue weighted by atomic mass is 35.5. The second-order valence-corrected chi connectivity index (χ2v) is 5.52. The summed E-state index contributed by atoms with van der Waals surface area (Å²) < 4.78 is 0. The standard InChI is InChI=1S/C14H21ClN2O/c1-17-7-6-11(10-17)8-16-9-14(18)12-4-2-3-5-13(12)15/h2-5,11,14,16,18H,6-10H2,1H3. The zero-order valence-electron chi connectivity index (χ0n) is 10.8. The van der Waals surface area contributed by atoms with Crippen molar-refractivity contribution < 1.29 is 5.11 Å². The van der Waals surface area contributed by atoms with E-state index in [9.17, 15) is 5.11 Å². The molecule has 0 saturated carbocycles. The molecule has 0 aliphatic carbocycles. The van der Waals surface area contributed by atoms with Crippen LogP contribution in [0.4, 0.5) is 0 Å². The molecule has 1 aliphatic heterocycles. The van der Waals surface area contributed by atoms with Gasteiger partial charge in [0.15, 0.2) is 0 Å². The smallest absolute Gasteiger partial charge is 0.0928 e. The topological polar surface area (TPSA) is 35.5 Å². The van der Waals surface area contributed by atoms with Crippen LogP contribution in [0, 0.1) is 5.92 Å². The number of aliphatic hydroxyl groups is 1. The average Bonchev–Trinajstić information content (AvgIpc) is 2.75. The summed E-state index contributed by atoms with van der Waals surface area (Å²) in [5.74, 6) is 0.702. The maximum atomic E-state index is 10.1. The van der Waals surface area contributed by atoms with Crippen LogP contribution < -0.4 is 5.32 Å². The van der Waals surface area contributed by atoms with Gasteiger partial charge in [-0.15, -0.1) is 0 Å². The SMILES string of the molecule is CN1CCC(CNCC(O)c2ccccc2Cl)C1. The van der Waals surface area contributed by atoms with Crippen LogP contribution in [0.15, 0.2) is 24.3 Å². The first kappa shape index (κ1) is 13.8. The Hall–Kier alpha value is -0.610. The summed E-state index contributed by atoms with van der Waals surface area (Å²) in [5, 5.41) is 14.0. The van der Waals surface area contributed by atoms with Gasteiger partial charge in [0.1, 0.15) is 0 Å². The summed E-state index contributed by atoms with van der Waals surface area (Å²) >= 11 is 6.05. The van der Waals surface area contributed by atoms with E-state index in [0.29, 0.717) is 17.5 Å². The monoisotopic (exact) mass is 268 g/mol. The number of rotatable bonds is 5. The first-order valence-corrected chi connectivity index (χ1v) is 6.86. The van der Waals surface area contributed by atoms with Crippen LogP contribution in [0.5, 0.6) is 0 Å². The molecule has 1 aliphatic rings. The van der Waals surface area contributed by atoms with Gasteiger partial charge in [-0.1, -0.05) is 29.8 Å². The molecule has 2 rings (SSSR count). The molecule has 4 heteroatoms. The minimum Gasteiger partial charge on any atom is -0.387 e. The molecule has 1 aromatic carbocycles. The largest absolute Gasteiger partial charge is 0.387 e. The Morgan fingerprint density at radius 2 is 2.28 bits per heavy atom. The first-order chi connectivity index (χ1) is 8.66. The molecule has 0 aromatic heterocycles. The van der Waals surface area contributed by atoms with Crippen LogP contribution >= 0.6 is 11.6 Å².